The molecule has 108 valence electrons. The van der Waals surface area contributed by atoms with Gasteiger partial charge >= 0.3 is 5.97 Å². The lowest BCUT2D eigenvalue weighted by molar-refractivity contribution is -0.128. The summed E-state index contributed by atoms with van der Waals surface area (Å²) in [4.78, 5) is 23.9. The Bertz CT molecular complexity index is 673. The molecule has 0 aliphatic carbocycles. The molecule has 4 nitrogen and oxygen atoms in total. The Morgan fingerprint density at radius 2 is 1.95 bits per heavy atom. The highest BCUT2D eigenvalue weighted by atomic mass is 16.5. The van der Waals surface area contributed by atoms with Crippen LogP contribution in [0.25, 0.3) is 10.8 Å². The fourth-order valence-electron chi connectivity index (χ4n) is 2.00. The van der Waals surface area contributed by atoms with E-state index in [2.05, 4.69) is 11.9 Å². The number of amides is 1. The van der Waals surface area contributed by atoms with Gasteiger partial charge in [-0.2, -0.15) is 0 Å². The van der Waals surface area contributed by atoms with Crippen molar-refractivity contribution in [2.75, 3.05) is 6.54 Å². The molecule has 0 radical (unpaired) electrons. The zero-order valence-corrected chi connectivity index (χ0v) is 11.8. The molecule has 0 aliphatic rings. The fourth-order valence-corrected chi connectivity index (χ4v) is 2.00. The van der Waals surface area contributed by atoms with Crippen LogP contribution >= 0.6 is 0 Å². The topological polar surface area (TPSA) is 55.4 Å². The van der Waals surface area contributed by atoms with E-state index in [1.54, 1.807) is 25.1 Å². The molecule has 0 saturated heterocycles. The molecule has 0 spiro atoms. The number of hydrogen-bond acceptors (Lipinski definition) is 3. The van der Waals surface area contributed by atoms with Crippen LogP contribution in [0, 0.1) is 0 Å². The molecule has 1 atom stereocenters. The lowest BCUT2D eigenvalue weighted by atomic mass is 10.0. The molecule has 0 bridgehead atoms. The minimum Gasteiger partial charge on any atom is -0.449 e. The van der Waals surface area contributed by atoms with Crippen molar-refractivity contribution in [2.24, 2.45) is 0 Å². The van der Waals surface area contributed by atoms with Gasteiger partial charge in [-0.25, -0.2) is 4.79 Å². The highest BCUT2D eigenvalue weighted by Crippen LogP contribution is 2.19. The van der Waals surface area contributed by atoms with Gasteiger partial charge in [0.05, 0.1) is 5.56 Å². The SMILES string of the molecule is C=CCNC(=O)C(C)OC(=O)c1cccc2ccccc12. The first kappa shape index (κ1) is 14.8. The molecule has 0 aromatic heterocycles. The van der Waals surface area contributed by atoms with E-state index in [1.165, 1.54) is 0 Å². The number of nitrogens with one attached hydrogen (secondary N) is 1. The minimum atomic E-state index is -0.851. The molecule has 1 unspecified atom stereocenters. The molecule has 2 aromatic rings. The minimum absolute atomic E-state index is 0.342. The maximum Gasteiger partial charge on any atom is 0.339 e. The van der Waals surface area contributed by atoms with Crippen LogP contribution in [0.2, 0.25) is 0 Å². The van der Waals surface area contributed by atoms with Gasteiger partial charge in [-0.15, -0.1) is 6.58 Å². The molecule has 1 N–H and O–H groups in total. The van der Waals surface area contributed by atoms with E-state index in [1.807, 2.05) is 30.3 Å². The first-order valence-electron chi connectivity index (χ1n) is 6.71. The van der Waals surface area contributed by atoms with Gasteiger partial charge in [0.2, 0.25) is 0 Å². The Morgan fingerprint density at radius 3 is 2.71 bits per heavy atom. The van der Waals surface area contributed by atoms with Crippen LogP contribution in [0.5, 0.6) is 0 Å². The van der Waals surface area contributed by atoms with E-state index < -0.39 is 12.1 Å². The number of esters is 1. The number of fused-ring (bicyclic) bond motifs is 1. The van der Waals surface area contributed by atoms with Gasteiger partial charge in [-0.05, 0) is 23.8 Å². The van der Waals surface area contributed by atoms with Crippen molar-refractivity contribution in [1.82, 2.24) is 5.32 Å². The third-order valence-electron chi connectivity index (χ3n) is 3.08. The molecule has 0 heterocycles. The third kappa shape index (κ3) is 3.48. The van der Waals surface area contributed by atoms with Crippen molar-refractivity contribution in [3.63, 3.8) is 0 Å². The summed E-state index contributed by atoms with van der Waals surface area (Å²) < 4.78 is 5.22. The first-order chi connectivity index (χ1) is 10.1. The zero-order valence-electron chi connectivity index (χ0n) is 11.8. The molecule has 0 saturated carbocycles. The average molecular weight is 283 g/mol. The fraction of sp³-hybridized carbons (Fsp3) is 0.176. The Labute approximate surface area is 123 Å². The summed E-state index contributed by atoms with van der Waals surface area (Å²) in [6.45, 7) is 5.40. The molecule has 21 heavy (non-hydrogen) atoms. The van der Waals surface area contributed by atoms with Crippen LogP contribution < -0.4 is 5.32 Å². The number of rotatable bonds is 5. The van der Waals surface area contributed by atoms with E-state index in [4.69, 9.17) is 4.74 Å². The molecular formula is C17H17NO3. The standard InChI is InChI=1S/C17H17NO3/c1-3-11-18-16(19)12(2)21-17(20)15-10-6-8-13-7-4-5-9-14(13)15/h3-10,12H,1,11H2,2H3,(H,18,19). The lowest BCUT2D eigenvalue weighted by Gasteiger charge is -2.13. The van der Waals surface area contributed by atoms with E-state index in [0.717, 1.165) is 10.8 Å². The zero-order chi connectivity index (χ0) is 15.2. The lowest BCUT2D eigenvalue weighted by Crippen LogP contribution is -2.35. The summed E-state index contributed by atoms with van der Waals surface area (Å²) in [5, 5.41) is 4.36. The molecule has 1 amide bonds. The van der Waals surface area contributed by atoms with Crippen LogP contribution in [-0.4, -0.2) is 24.5 Å². The Balaban J connectivity index is 2.15. The van der Waals surface area contributed by atoms with Crippen LogP contribution in [0.3, 0.4) is 0 Å². The van der Waals surface area contributed by atoms with Crippen molar-refractivity contribution in [1.29, 1.82) is 0 Å². The van der Waals surface area contributed by atoms with Crippen molar-refractivity contribution < 1.29 is 14.3 Å². The number of carbonyl (C=O) groups excluding carboxylic acids is 2. The van der Waals surface area contributed by atoms with Gasteiger partial charge in [-0.3, -0.25) is 4.79 Å². The Morgan fingerprint density at radius 1 is 1.24 bits per heavy atom. The highest BCUT2D eigenvalue weighted by Gasteiger charge is 2.19. The number of hydrogen-bond donors (Lipinski definition) is 1. The van der Waals surface area contributed by atoms with Crippen LogP contribution in [0.4, 0.5) is 0 Å². The largest absolute Gasteiger partial charge is 0.449 e. The third-order valence-corrected chi connectivity index (χ3v) is 3.08. The van der Waals surface area contributed by atoms with Gasteiger partial charge in [0, 0.05) is 6.54 Å². The van der Waals surface area contributed by atoms with E-state index in [0.29, 0.717) is 12.1 Å². The Hall–Kier alpha value is -2.62. The monoisotopic (exact) mass is 283 g/mol. The molecule has 0 fully saturated rings. The van der Waals surface area contributed by atoms with Gasteiger partial charge in [0.15, 0.2) is 6.10 Å². The predicted molar refractivity (Wildman–Crippen MR) is 82.0 cm³/mol. The second kappa shape index (κ2) is 6.70. The molecule has 2 aromatic carbocycles. The van der Waals surface area contributed by atoms with E-state index in [9.17, 15) is 9.59 Å². The summed E-state index contributed by atoms with van der Waals surface area (Å²) >= 11 is 0. The van der Waals surface area contributed by atoms with Gasteiger partial charge < -0.3 is 10.1 Å². The first-order valence-corrected chi connectivity index (χ1v) is 6.71. The number of carbonyl (C=O) groups is 2. The van der Waals surface area contributed by atoms with Gasteiger partial charge in [0.1, 0.15) is 0 Å². The Kier molecular flexibility index (Phi) is 4.72. The summed E-state index contributed by atoms with van der Waals surface area (Å²) in [7, 11) is 0. The predicted octanol–water partition coefficient (Wildman–Crippen LogP) is 2.69. The van der Waals surface area contributed by atoms with Crippen molar-refractivity contribution in [3.05, 3.63) is 60.7 Å². The molecule has 0 aliphatic heterocycles. The van der Waals surface area contributed by atoms with Crippen molar-refractivity contribution in [3.8, 4) is 0 Å². The second-order valence-corrected chi connectivity index (χ2v) is 4.61. The normalized spacial score (nSPS) is 11.7. The van der Waals surface area contributed by atoms with Crippen LogP contribution in [0.15, 0.2) is 55.1 Å². The highest BCUT2D eigenvalue weighted by molar-refractivity contribution is 6.05. The summed E-state index contributed by atoms with van der Waals surface area (Å²) in [5.74, 6) is -0.850. The second-order valence-electron chi connectivity index (χ2n) is 4.61. The number of benzene rings is 2. The molecule has 4 heteroatoms. The summed E-state index contributed by atoms with van der Waals surface area (Å²) in [6, 6.07) is 13.0. The van der Waals surface area contributed by atoms with Gasteiger partial charge in [-0.1, -0.05) is 42.5 Å². The maximum absolute atomic E-state index is 12.2. The quantitative estimate of drug-likeness (QED) is 0.678. The van der Waals surface area contributed by atoms with Crippen LogP contribution in [0.1, 0.15) is 17.3 Å². The molecular weight excluding hydrogens is 266 g/mol. The number of ether oxygens (including phenoxy) is 1. The smallest absolute Gasteiger partial charge is 0.339 e. The van der Waals surface area contributed by atoms with Crippen molar-refractivity contribution in [2.45, 2.75) is 13.0 Å². The summed E-state index contributed by atoms with van der Waals surface area (Å²) in [6.07, 6.45) is 0.716. The maximum atomic E-state index is 12.2. The summed E-state index contributed by atoms with van der Waals surface area (Å²) in [5.41, 5.74) is 0.455. The van der Waals surface area contributed by atoms with Crippen LogP contribution in [-0.2, 0) is 9.53 Å². The van der Waals surface area contributed by atoms with E-state index >= 15 is 0 Å². The van der Waals surface area contributed by atoms with Crippen molar-refractivity contribution >= 4 is 22.6 Å². The average Bonchev–Trinajstić information content (AvgIpc) is 2.51. The van der Waals surface area contributed by atoms with E-state index in [-0.39, 0.29) is 5.91 Å². The molecule has 2 rings (SSSR count). The van der Waals surface area contributed by atoms with Gasteiger partial charge in [0.25, 0.3) is 5.91 Å².